The Morgan fingerprint density at radius 2 is 0.607 bits per heavy atom. The van der Waals surface area contributed by atoms with Gasteiger partial charge in [0.15, 0.2) is 12.4 Å². The summed E-state index contributed by atoms with van der Waals surface area (Å²) in [6.07, 6.45) is 94.7. The number of carboxylic acid groups (broad SMARTS) is 1. The topological polar surface area (TPSA) is 111 Å². The molecule has 0 rings (SSSR count). The van der Waals surface area contributed by atoms with E-state index in [0.29, 0.717) is 23.9 Å². The van der Waals surface area contributed by atoms with Crippen LogP contribution in [0.5, 0.6) is 0 Å². The molecular formula is C80H139NO8. The number of likely N-dealkylation sites (N-methyl/N-ethyl adjacent to an activating group) is 1. The van der Waals surface area contributed by atoms with Crippen molar-refractivity contribution in [3.8, 4) is 0 Å². The molecular weight excluding hydrogens is 1100 g/mol. The van der Waals surface area contributed by atoms with Gasteiger partial charge in [0.25, 0.3) is 0 Å². The molecule has 0 heterocycles. The highest BCUT2D eigenvalue weighted by Gasteiger charge is 2.22. The second-order valence-corrected chi connectivity index (χ2v) is 25.8. The van der Waals surface area contributed by atoms with E-state index in [2.05, 4.69) is 123 Å². The largest absolute Gasteiger partial charge is 0.545 e. The first kappa shape index (κ1) is 85.0. The average molecular weight is 1240 g/mol. The first-order valence-electron chi connectivity index (χ1n) is 37.0. The lowest BCUT2D eigenvalue weighted by Gasteiger charge is -2.26. The molecule has 0 spiro atoms. The molecule has 9 nitrogen and oxygen atoms in total. The Bertz CT molecular complexity index is 1830. The minimum Gasteiger partial charge on any atom is -0.545 e. The smallest absolute Gasteiger partial charge is 0.306 e. The molecule has 0 aliphatic rings. The minimum atomic E-state index is -1.63. The Morgan fingerprint density at radius 3 is 0.899 bits per heavy atom. The number of carbonyl (C=O) groups is 3. The van der Waals surface area contributed by atoms with Crippen molar-refractivity contribution in [2.45, 2.75) is 334 Å². The average Bonchev–Trinajstić information content (AvgIpc) is 3.64. The van der Waals surface area contributed by atoms with Crippen molar-refractivity contribution in [2.75, 3.05) is 47.5 Å². The number of rotatable bonds is 68. The number of aliphatic carboxylic acids is 1. The second-order valence-electron chi connectivity index (χ2n) is 25.8. The van der Waals surface area contributed by atoms with Crippen LogP contribution in [-0.4, -0.2) is 82.3 Å². The van der Waals surface area contributed by atoms with E-state index in [1.807, 2.05) is 21.1 Å². The molecule has 0 aromatic heterocycles. The van der Waals surface area contributed by atoms with Gasteiger partial charge in [-0.05, 0) is 96.3 Å². The van der Waals surface area contributed by atoms with Crippen molar-refractivity contribution in [3.05, 3.63) is 109 Å². The minimum absolute atomic E-state index is 0.146. The second kappa shape index (κ2) is 69.8. The summed E-state index contributed by atoms with van der Waals surface area (Å²) in [6.45, 7) is 4.56. The normalized spacial score (nSPS) is 13.3. The Hall–Kier alpha value is -4.05. The van der Waals surface area contributed by atoms with Gasteiger partial charge in [0, 0.05) is 12.8 Å². The number of hydrogen-bond acceptors (Lipinski definition) is 8. The third kappa shape index (κ3) is 71.3. The first-order chi connectivity index (χ1) is 43.6. The van der Waals surface area contributed by atoms with E-state index in [9.17, 15) is 19.5 Å². The van der Waals surface area contributed by atoms with Gasteiger partial charge in [0.1, 0.15) is 13.2 Å². The molecule has 0 aromatic carbocycles. The zero-order valence-corrected chi connectivity index (χ0v) is 58.5. The highest BCUT2D eigenvalue weighted by atomic mass is 16.7. The van der Waals surface area contributed by atoms with Gasteiger partial charge >= 0.3 is 11.9 Å². The number of nitrogens with zero attached hydrogens (tertiary/aromatic N) is 1. The number of carbonyl (C=O) groups excluding carboxylic acids is 3. The Labute approximate surface area is 549 Å². The van der Waals surface area contributed by atoms with Crippen molar-refractivity contribution in [3.63, 3.8) is 0 Å². The van der Waals surface area contributed by atoms with Gasteiger partial charge in [-0.1, -0.05) is 322 Å². The molecule has 0 aliphatic heterocycles. The van der Waals surface area contributed by atoms with Crippen LogP contribution in [-0.2, 0) is 33.3 Å². The Balaban J connectivity index is 4.06. The molecule has 0 fully saturated rings. The molecule has 0 saturated carbocycles. The standard InChI is InChI=1S/C80H139NO8/c1-6-8-10-12-14-16-18-20-22-24-26-28-30-32-34-36-38-39-41-42-44-46-48-50-52-54-56-58-60-62-64-66-68-70-77(82)87-74-76(75-88-80(79(84)85)86-73-72-81(3,4)5)89-78(83)71-69-67-65-63-61-59-57-55-53-51-49-47-45-43-40-37-35-33-31-29-27-25-23-21-19-17-15-13-11-9-7-2/h8-11,14-17,20-23,26-29,33,35,76,80H,6-7,12-13,18-19,24-25,30-32,34,36-75H2,1-5H3/b10-8-,11-9-,16-14-,17-15-,22-20-,23-21-,28-26-,29-27-,35-33-. The molecule has 9 heteroatoms. The maximum atomic E-state index is 13.0. The number of hydrogen-bond donors (Lipinski definition) is 0. The predicted octanol–water partition coefficient (Wildman–Crippen LogP) is 22.0. The summed E-state index contributed by atoms with van der Waals surface area (Å²) in [4.78, 5) is 37.6. The molecule has 0 bridgehead atoms. The van der Waals surface area contributed by atoms with E-state index in [1.54, 1.807) is 0 Å². The van der Waals surface area contributed by atoms with E-state index < -0.39 is 24.3 Å². The van der Waals surface area contributed by atoms with Crippen LogP contribution in [0.3, 0.4) is 0 Å². The SMILES string of the molecule is CC/C=C\C/C=C\C/C=C\C/C=C\C/C=C\CCCCCCCCCCCCCCCCCC(=O)OC(COC(=O)CCCCCCCCCCCCCCCCCCCCCC/C=C\C/C=C\C/C=C\C/C=C\CC)COC(OCC[N+](C)(C)C)C(=O)[O-]. The van der Waals surface area contributed by atoms with E-state index >= 15 is 0 Å². The Morgan fingerprint density at radius 1 is 0.337 bits per heavy atom. The number of carboxylic acids is 1. The number of quaternary nitrogens is 1. The van der Waals surface area contributed by atoms with E-state index in [4.69, 9.17) is 18.9 Å². The lowest BCUT2D eigenvalue weighted by Crippen LogP contribution is -2.44. The lowest BCUT2D eigenvalue weighted by atomic mass is 10.0. The zero-order chi connectivity index (χ0) is 64.7. The molecule has 0 aromatic rings. The van der Waals surface area contributed by atoms with Gasteiger partial charge in [0.05, 0.1) is 40.3 Å². The quantitative estimate of drug-likeness (QED) is 0.0195. The summed E-state index contributed by atoms with van der Waals surface area (Å²) in [6, 6.07) is 0. The molecule has 0 saturated heterocycles. The number of unbranched alkanes of at least 4 members (excludes halogenated alkanes) is 35. The van der Waals surface area contributed by atoms with Crippen LogP contribution in [0.2, 0.25) is 0 Å². The molecule has 0 radical (unpaired) electrons. The first-order valence-corrected chi connectivity index (χ1v) is 37.0. The van der Waals surface area contributed by atoms with Crippen molar-refractivity contribution in [1.29, 1.82) is 0 Å². The summed E-state index contributed by atoms with van der Waals surface area (Å²) >= 11 is 0. The summed E-state index contributed by atoms with van der Waals surface area (Å²) < 4.78 is 22.8. The zero-order valence-electron chi connectivity index (χ0n) is 58.5. The fourth-order valence-corrected chi connectivity index (χ4v) is 10.4. The third-order valence-electron chi connectivity index (χ3n) is 16.0. The van der Waals surface area contributed by atoms with Gasteiger partial charge in [-0.3, -0.25) is 9.59 Å². The van der Waals surface area contributed by atoms with Gasteiger partial charge in [0.2, 0.25) is 0 Å². The van der Waals surface area contributed by atoms with Gasteiger partial charge in [-0.25, -0.2) is 0 Å². The van der Waals surface area contributed by atoms with Crippen molar-refractivity contribution < 1.29 is 42.9 Å². The number of esters is 2. The van der Waals surface area contributed by atoms with Crippen LogP contribution in [0.4, 0.5) is 0 Å². The van der Waals surface area contributed by atoms with E-state index in [0.717, 1.165) is 96.3 Å². The molecule has 0 N–H and O–H groups in total. The Kier molecular flexibility index (Phi) is 66.7. The van der Waals surface area contributed by atoms with Gasteiger partial charge < -0.3 is 33.3 Å². The lowest BCUT2D eigenvalue weighted by molar-refractivity contribution is -0.870. The summed E-state index contributed by atoms with van der Waals surface area (Å²) in [7, 11) is 5.94. The maximum absolute atomic E-state index is 13.0. The van der Waals surface area contributed by atoms with Gasteiger partial charge in [-0.2, -0.15) is 0 Å². The monoisotopic (exact) mass is 1240 g/mol. The van der Waals surface area contributed by atoms with E-state index in [1.165, 1.54) is 193 Å². The summed E-state index contributed by atoms with van der Waals surface area (Å²) in [5.74, 6) is -2.27. The fraction of sp³-hybridized carbons (Fsp3) is 0.738. The molecule has 89 heavy (non-hydrogen) atoms. The van der Waals surface area contributed by atoms with Crippen LogP contribution in [0, 0.1) is 0 Å². The molecule has 0 aliphatic carbocycles. The number of allylic oxidation sites excluding steroid dienone is 18. The molecule has 2 unspecified atom stereocenters. The van der Waals surface area contributed by atoms with Crippen LogP contribution in [0.25, 0.3) is 0 Å². The molecule has 0 amide bonds. The van der Waals surface area contributed by atoms with Crippen molar-refractivity contribution in [1.82, 2.24) is 0 Å². The van der Waals surface area contributed by atoms with Crippen LogP contribution in [0.15, 0.2) is 109 Å². The van der Waals surface area contributed by atoms with Crippen LogP contribution in [0.1, 0.15) is 322 Å². The van der Waals surface area contributed by atoms with E-state index in [-0.39, 0.29) is 32.2 Å². The van der Waals surface area contributed by atoms with Crippen LogP contribution >= 0.6 is 0 Å². The number of ether oxygens (including phenoxy) is 4. The fourth-order valence-electron chi connectivity index (χ4n) is 10.4. The van der Waals surface area contributed by atoms with Crippen molar-refractivity contribution >= 4 is 17.9 Å². The highest BCUT2D eigenvalue weighted by Crippen LogP contribution is 2.18. The molecule has 512 valence electrons. The van der Waals surface area contributed by atoms with Crippen LogP contribution < -0.4 is 5.11 Å². The summed E-state index contributed by atoms with van der Waals surface area (Å²) in [5.41, 5.74) is 0. The highest BCUT2D eigenvalue weighted by molar-refractivity contribution is 5.70. The maximum Gasteiger partial charge on any atom is 0.306 e. The molecule has 2 atom stereocenters. The summed E-state index contributed by atoms with van der Waals surface area (Å²) in [5, 5.41) is 11.8. The van der Waals surface area contributed by atoms with Crippen molar-refractivity contribution in [2.24, 2.45) is 0 Å². The third-order valence-corrected chi connectivity index (χ3v) is 16.0. The van der Waals surface area contributed by atoms with Gasteiger partial charge in [-0.15, -0.1) is 0 Å². The predicted molar refractivity (Wildman–Crippen MR) is 380 cm³/mol.